The topological polar surface area (TPSA) is 20.2 Å². The monoisotopic (exact) mass is 306 g/mol. The first kappa shape index (κ1) is 11.0. The minimum absolute atomic E-state index is 0.340. The predicted molar refractivity (Wildman–Crippen MR) is 64.7 cm³/mol. The summed E-state index contributed by atoms with van der Waals surface area (Å²) in [6.45, 7) is 0. The second-order valence-corrected chi connectivity index (χ2v) is 5.60. The van der Waals surface area contributed by atoms with Gasteiger partial charge in [-0.05, 0) is 52.4 Å². The number of thiophene rings is 1. The number of hydrogen-bond acceptors (Lipinski definition) is 2. The molecule has 1 unspecified atom stereocenters. The maximum absolute atomic E-state index is 9.70. The molecule has 1 N–H and O–H groups in total. The van der Waals surface area contributed by atoms with Gasteiger partial charge in [-0.3, -0.25) is 0 Å². The van der Waals surface area contributed by atoms with Crippen LogP contribution in [0.1, 0.15) is 30.9 Å². The van der Waals surface area contributed by atoms with Crippen LogP contribution in [-0.4, -0.2) is 5.11 Å². The average Bonchev–Trinajstić information content (AvgIpc) is 2.52. The first-order valence-electron chi connectivity index (χ1n) is 4.09. The molecule has 1 nitrogen and oxygen atoms in total. The summed E-state index contributed by atoms with van der Waals surface area (Å²) >= 11 is 3.91. The van der Waals surface area contributed by atoms with Gasteiger partial charge in [-0.1, -0.05) is 0 Å². The van der Waals surface area contributed by atoms with Crippen molar-refractivity contribution >= 4 is 33.9 Å². The fraction of sp³-hybridized carbons (Fsp3) is 0.400. The van der Waals surface area contributed by atoms with Crippen molar-refractivity contribution in [1.29, 1.82) is 0 Å². The number of hydrogen-bond donors (Lipinski definition) is 1. The Morgan fingerprint density at radius 1 is 1.69 bits per heavy atom. The van der Waals surface area contributed by atoms with E-state index in [0.29, 0.717) is 0 Å². The zero-order valence-corrected chi connectivity index (χ0v) is 10.1. The van der Waals surface area contributed by atoms with E-state index in [4.69, 9.17) is 6.42 Å². The van der Waals surface area contributed by atoms with E-state index < -0.39 is 0 Å². The zero-order chi connectivity index (χ0) is 9.68. The summed E-state index contributed by atoms with van der Waals surface area (Å²) < 4.78 is 1.21. The molecule has 0 amide bonds. The largest absolute Gasteiger partial charge is 0.388 e. The first-order valence-corrected chi connectivity index (χ1v) is 6.05. The van der Waals surface area contributed by atoms with Crippen molar-refractivity contribution in [2.45, 2.75) is 25.4 Å². The fourth-order valence-corrected chi connectivity index (χ4v) is 2.48. The normalized spacial score (nSPS) is 12.4. The molecule has 0 aromatic carbocycles. The standard InChI is InChI=1S/C10H11IOS/c1-2-3-4-5-9(12)8-6-10(11)13-7-8/h1,6-7,9,12H,3-5H2. The van der Waals surface area contributed by atoms with Crippen molar-refractivity contribution in [1.82, 2.24) is 0 Å². The highest BCUT2D eigenvalue weighted by molar-refractivity contribution is 14.1. The Hall–Kier alpha value is -0.0500. The summed E-state index contributed by atoms with van der Waals surface area (Å²) in [6, 6.07) is 2.02. The third-order valence-corrected chi connectivity index (χ3v) is 3.58. The Bertz CT molecular complexity index is 300. The van der Waals surface area contributed by atoms with E-state index in [1.807, 2.05) is 11.4 Å². The molecule has 0 aliphatic rings. The molecule has 1 aromatic rings. The van der Waals surface area contributed by atoms with E-state index in [-0.39, 0.29) is 6.10 Å². The van der Waals surface area contributed by atoms with Gasteiger partial charge in [0.05, 0.1) is 8.99 Å². The van der Waals surface area contributed by atoms with Crippen molar-refractivity contribution in [3.8, 4) is 12.3 Å². The van der Waals surface area contributed by atoms with Gasteiger partial charge in [0, 0.05) is 6.42 Å². The minimum atomic E-state index is -0.340. The molecule has 1 rings (SSSR count). The summed E-state index contributed by atoms with van der Waals surface area (Å²) in [5.41, 5.74) is 1.02. The summed E-state index contributed by atoms with van der Waals surface area (Å²) in [4.78, 5) is 0. The zero-order valence-electron chi connectivity index (χ0n) is 7.16. The highest BCUT2D eigenvalue weighted by Gasteiger charge is 2.08. The Morgan fingerprint density at radius 2 is 2.46 bits per heavy atom. The smallest absolute Gasteiger partial charge is 0.0798 e. The maximum atomic E-state index is 9.70. The lowest BCUT2D eigenvalue weighted by Gasteiger charge is -2.06. The van der Waals surface area contributed by atoms with E-state index >= 15 is 0 Å². The molecule has 1 aromatic heterocycles. The second-order valence-electron chi connectivity index (χ2n) is 2.80. The van der Waals surface area contributed by atoms with Crippen LogP contribution in [0.2, 0.25) is 0 Å². The number of aliphatic hydroxyl groups excluding tert-OH is 1. The van der Waals surface area contributed by atoms with Gasteiger partial charge in [0.1, 0.15) is 0 Å². The lowest BCUT2D eigenvalue weighted by molar-refractivity contribution is 0.165. The van der Waals surface area contributed by atoms with Gasteiger partial charge in [-0.2, -0.15) is 0 Å². The van der Waals surface area contributed by atoms with Crippen LogP contribution in [0.4, 0.5) is 0 Å². The van der Waals surface area contributed by atoms with Crippen LogP contribution in [-0.2, 0) is 0 Å². The molecule has 0 bridgehead atoms. The molecule has 1 atom stereocenters. The molecule has 0 aliphatic heterocycles. The Kier molecular flexibility index (Phi) is 4.78. The lowest BCUT2D eigenvalue weighted by atomic mass is 10.1. The Balaban J connectivity index is 2.40. The number of aliphatic hydroxyl groups is 1. The molecular weight excluding hydrogens is 295 g/mol. The summed E-state index contributed by atoms with van der Waals surface area (Å²) in [7, 11) is 0. The van der Waals surface area contributed by atoms with Gasteiger partial charge >= 0.3 is 0 Å². The molecule has 0 fully saturated rings. The minimum Gasteiger partial charge on any atom is -0.388 e. The highest BCUT2D eigenvalue weighted by Crippen LogP contribution is 2.25. The van der Waals surface area contributed by atoms with Crippen molar-refractivity contribution in [3.05, 3.63) is 19.9 Å². The Labute approximate surface area is 96.3 Å². The highest BCUT2D eigenvalue weighted by atomic mass is 127. The predicted octanol–water partition coefficient (Wildman–Crippen LogP) is 3.19. The van der Waals surface area contributed by atoms with Crippen LogP contribution in [0.3, 0.4) is 0 Å². The van der Waals surface area contributed by atoms with E-state index in [2.05, 4.69) is 28.5 Å². The number of terminal acetylenes is 1. The fourth-order valence-electron chi connectivity index (χ4n) is 1.06. The number of halogens is 1. The molecule has 3 heteroatoms. The molecule has 70 valence electrons. The Morgan fingerprint density at radius 3 is 3.00 bits per heavy atom. The SMILES string of the molecule is C#CCCCC(O)c1csc(I)c1. The van der Waals surface area contributed by atoms with E-state index in [1.54, 1.807) is 11.3 Å². The third-order valence-electron chi connectivity index (χ3n) is 1.77. The first-order chi connectivity index (χ1) is 6.24. The summed E-state index contributed by atoms with van der Waals surface area (Å²) in [6.07, 6.45) is 7.19. The van der Waals surface area contributed by atoms with Gasteiger partial charge in [-0.15, -0.1) is 23.7 Å². The van der Waals surface area contributed by atoms with Gasteiger partial charge in [0.2, 0.25) is 0 Å². The summed E-state index contributed by atoms with van der Waals surface area (Å²) in [5.74, 6) is 2.57. The van der Waals surface area contributed by atoms with Crippen LogP contribution in [0, 0.1) is 15.2 Å². The molecule has 0 aliphatic carbocycles. The van der Waals surface area contributed by atoms with Crippen molar-refractivity contribution < 1.29 is 5.11 Å². The molecule has 0 radical (unpaired) electrons. The van der Waals surface area contributed by atoms with Gasteiger partial charge in [-0.25, -0.2) is 0 Å². The van der Waals surface area contributed by atoms with E-state index in [9.17, 15) is 5.11 Å². The quantitative estimate of drug-likeness (QED) is 0.514. The lowest BCUT2D eigenvalue weighted by Crippen LogP contribution is -1.94. The molecule has 0 spiro atoms. The second kappa shape index (κ2) is 5.63. The molecule has 0 saturated heterocycles. The van der Waals surface area contributed by atoms with E-state index in [1.165, 1.54) is 2.88 Å². The van der Waals surface area contributed by atoms with Gasteiger partial charge in [0.15, 0.2) is 0 Å². The molecule has 0 saturated carbocycles. The molecular formula is C10H11IOS. The van der Waals surface area contributed by atoms with Crippen LogP contribution in [0.25, 0.3) is 0 Å². The maximum Gasteiger partial charge on any atom is 0.0798 e. The molecule has 1 heterocycles. The van der Waals surface area contributed by atoms with E-state index in [0.717, 1.165) is 24.8 Å². The van der Waals surface area contributed by atoms with Gasteiger partial charge in [0.25, 0.3) is 0 Å². The summed E-state index contributed by atoms with van der Waals surface area (Å²) in [5, 5.41) is 11.7. The third kappa shape index (κ3) is 3.67. The number of unbranched alkanes of at least 4 members (excludes halogenated alkanes) is 1. The van der Waals surface area contributed by atoms with Crippen LogP contribution < -0.4 is 0 Å². The molecule has 13 heavy (non-hydrogen) atoms. The van der Waals surface area contributed by atoms with Crippen molar-refractivity contribution in [2.24, 2.45) is 0 Å². The van der Waals surface area contributed by atoms with Crippen LogP contribution in [0.5, 0.6) is 0 Å². The van der Waals surface area contributed by atoms with Gasteiger partial charge < -0.3 is 5.11 Å². The average molecular weight is 306 g/mol. The number of rotatable bonds is 4. The van der Waals surface area contributed by atoms with Crippen LogP contribution >= 0.6 is 33.9 Å². The van der Waals surface area contributed by atoms with Crippen LogP contribution in [0.15, 0.2) is 11.4 Å². The van der Waals surface area contributed by atoms with Crippen molar-refractivity contribution in [2.75, 3.05) is 0 Å². The van der Waals surface area contributed by atoms with Crippen molar-refractivity contribution in [3.63, 3.8) is 0 Å².